The number of nitrogens with zero attached hydrogens (tertiary/aromatic N) is 1. The fourth-order valence-corrected chi connectivity index (χ4v) is 4.37. The smallest absolute Gasteiger partial charge is 0.256 e. The molecule has 1 saturated heterocycles. The van der Waals surface area contributed by atoms with Gasteiger partial charge in [0.2, 0.25) is 0 Å². The van der Waals surface area contributed by atoms with Gasteiger partial charge in [0.1, 0.15) is 0 Å². The fraction of sp³-hybridized carbons (Fsp3) is 0.200. The molecule has 0 spiro atoms. The Labute approximate surface area is 190 Å². The van der Waals surface area contributed by atoms with Crippen molar-refractivity contribution in [2.24, 2.45) is 0 Å². The number of anilines is 1. The van der Waals surface area contributed by atoms with Crippen molar-refractivity contribution in [3.05, 3.63) is 76.1 Å². The molecular weight excluding hydrogens is 426 g/mol. The van der Waals surface area contributed by atoms with Gasteiger partial charge in [-0.25, -0.2) is 0 Å². The second kappa shape index (κ2) is 8.30. The highest BCUT2D eigenvalue weighted by Gasteiger charge is 2.29. The lowest BCUT2D eigenvalue weighted by molar-refractivity contribution is -0.110. The number of nitrogens with one attached hydrogen (secondary N) is 2. The summed E-state index contributed by atoms with van der Waals surface area (Å²) in [5, 5.41) is 3.60. The summed E-state index contributed by atoms with van der Waals surface area (Å²) in [6.07, 6.45) is 1.78. The number of carbonyl (C=O) groups is 2. The number of amides is 2. The van der Waals surface area contributed by atoms with E-state index in [-0.39, 0.29) is 11.8 Å². The summed E-state index contributed by atoms with van der Waals surface area (Å²) >= 11 is 6.06. The Bertz CT molecular complexity index is 1240. The van der Waals surface area contributed by atoms with Crippen LogP contribution in [-0.4, -0.2) is 48.0 Å². The van der Waals surface area contributed by atoms with Gasteiger partial charge < -0.3 is 19.9 Å². The molecule has 2 amide bonds. The molecule has 0 atom stereocenters. The van der Waals surface area contributed by atoms with Gasteiger partial charge in [0.25, 0.3) is 11.8 Å². The monoisotopic (exact) mass is 447 g/mol. The van der Waals surface area contributed by atoms with Crippen molar-refractivity contribution in [3.8, 4) is 11.1 Å². The predicted octanol–water partition coefficient (Wildman–Crippen LogP) is 4.61. The maximum atomic E-state index is 13.2. The molecule has 2 aromatic carbocycles. The minimum Gasteiger partial charge on any atom is -0.378 e. The number of aromatic amines is 1. The van der Waals surface area contributed by atoms with E-state index in [1.807, 2.05) is 55.5 Å². The molecule has 7 heteroatoms. The Hall–Kier alpha value is -3.35. The molecule has 0 saturated carbocycles. The van der Waals surface area contributed by atoms with Crippen molar-refractivity contribution >= 4 is 40.8 Å². The number of fused-ring (bicyclic) bond motifs is 1. The van der Waals surface area contributed by atoms with E-state index in [0.717, 1.165) is 28.1 Å². The van der Waals surface area contributed by atoms with Crippen LogP contribution in [0.4, 0.5) is 5.69 Å². The van der Waals surface area contributed by atoms with Crippen LogP contribution in [-0.2, 0) is 9.53 Å². The van der Waals surface area contributed by atoms with Crippen molar-refractivity contribution in [2.75, 3.05) is 31.6 Å². The predicted molar refractivity (Wildman–Crippen MR) is 126 cm³/mol. The molecule has 2 N–H and O–H groups in total. The molecule has 5 rings (SSSR count). The lowest BCUT2D eigenvalue weighted by Gasteiger charge is -2.26. The number of halogens is 1. The van der Waals surface area contributed by atoms with Gasteiger partial charge >= 0.3 is 0 Å². The first-order chi connectivity index (χ1) is 15.5. The highest BCUT2D eigenvalue weighted by molar-refractivity contribution is 6.36. The molecular formula is C25H22ClN3O3. The van der Waals surface area contributed by atoms with Gasteiger partial charge in [0.15, 0.2) is 0 Å². The number of aryl methyl sites for hydroxylation is 1. The van der Waals surface area contributed by atoms with Crippen LogP contribution in [0.2, 0.25) is 5.02 Å². The van der Waals surface area contributed by atoms with E-state index in [2.05, 4.69) is 10.3 Å². The van der Waals surface area contributed by atoms with E-state index < -0.39 is 0 Å². The van der Waals surface area contributed by atoms with Gasteiger partial charge in [-0.1, -0.05) is 35.9 Å². The van der Waals surface area contributed by atoms with Crippen LogP contribution >= 0.6 is 11.6 Å². The minimum absolute atomic E-state index is 0.0610. The molecule has 6 nitrogen and oxygen atoms in total. The fourth-order valence-electron chi connectivity index (χ4n) is 4.24. The quantitative estimate of drug-likeness (QED) is 0.576. The van der Waals surface area contributed by atoms with Crippen molar-refractivity contribution in [2.45, 2.75) is 6.92 Å². The van der Waals surface area contributed by atoms with Crippen LogP contribution < -0.4 is 5.32 Å². The Morgan fingerprint density at radius 3 is 2.62 bits per heavy atom. The molecule has 3 heterocycles. The molecule has 162 valence electrons. The highest BCUT2D eigenvalue weighted by Crippen LogP contribution is 2.40. The molecule has 32 heavy (non-hydrogen) atoms. The van der Waals surface area contributed by atoms with Crippen LogP contribution in [0.15, 0.2) is 48.5 Å². The minimum atomic E-state index is -0.196. The normalized spacial score (nSPS) is 16.9. The lowest BCUT2D eigenvalue weighted by atomic mass is 9.94. The van der Waals surface area contributed by atoms with Crippen molar-refractivity contribution in [3.63, 3.8) is 0 Å². The van der Waals surface area contributed by atoms with Gasteiger partial charge in [-0.2, -0.15) is 0 Å². The summed E-state index contributed by atoms with van der Waals surface area (Å²) in [4.78, 5) is 31.1. The number of ether oxygens (including phenoxy) is 1. The number of H-pyrrole nitrogens is 1. The first-order valence-electron chi connectivity index (χ1n) is 10.5. The number of hydrogen-bond donors (Lipinski definition) is 2. The summed E-state index contributed by atoms with van der Waals surface area (Å²) in [6.45, 7) is 4.09. The zero-order valence-corrected chi connectivity index (χ0v) is 18.3. The number of hydrogen-bond acceptors (Lipinski definition) is 3. The van der Waals surface area contributed by atoms with Gasteiger partial charge in [-0.3, -0.25) is 9.59 Å². The van der Waals surface area contributed by atoms with E-state index in [9.17, 15) is 9.59 Å². The molecule has 1 fully saturated rings. The van der Waals surface area contributed by atoms with Crippen molar-refractivity contribution in [1.82, 2.24) is 9.88 Å². The molecule has 0 radical (unpaired) electrons. The maximum absolute atomic E-state index is 13.2. The third kappa shape index (κ3) is 3.72. The molecule has 0 bridgehead atoms. The van der Waals surface area contributed by atoms with Crippen molar-refractivity contribution in [1.29, 1.82) is 0 Å². The van der Waals surface area contributed by atoms with E-state index in [1.54, 1.807) is 11.0 Å². The Morgan fingerprint density at radius 1 is 1.12 bits per heavy atom. The molecule has 0 aliphatic carbocycles. The largest absolute Gasteiger partial charge is 0.378 e. The topological polar surface area (TPSA) is 74.4 Å². The van der Waals surface area contributed by atoms with Crippen LogP contribution in [0, 0.1) is 6.92 Å². The van der Waals surface area contributed by atoms with E-state index in [0.29, 0.717) is 48.2 Å². The standard InChI is InChI=1S/C25H22ClN3O3/c1-15-13-19(25(31)29-9-11-32-12-10-29)22(27-15)14-20-23-18(16-5-7-17(26)8-6-16)3-2-4-21(23)28-24(20)30/h2-8,13-14,27H,9-12H2,1H3,(H,28,30)/b20-14-. The number of rotatable bonds is 3. The zero-order valence-electron chi connectivity index (χ0n) is 17.6. The average molecular weight is 448 g/mol. The number of benzene rings is 2. The van der Waals surface area contributed by atoms with E-state index in [4.69, 9.17) is 16.3 Å². The molecule has 0 unspecified atom stereocenters. The third-order valence-electron chi connectivity index (χ3n) is 5.78. The SMILES string of the molecule is Cc1cc(C(=O)N2CCOCC2)c(/C=C2\C(=O)Nc3cccc(-c4ccc(Cl)cc4)c32)[nH]1. The number of aromatic nitrogens is 1. The van der Waals surface area contributed by atoms with Gasteiger partial charge in [-0.15, -0.1) is 0 Å². The first-order valence-corrected chi connectivity index (χ1v) is 10.9. The van der Waals surface area contributed by atoms with Crippen LogP contribution in [0.3, 0.4) is 0 Å². The lowest BCUT2D eigenvalue weighted by Crippen LogP contribution is -2.40. The second-order valence-corrected chi connectivity index (χ2v) is 8.37. The van der Waals surface area contributed by atoms with Crippen LogP contribution in [0.1, 0.15) is 27.3 Å². The third-order valence-corrected chi connectivity index (χ3v) is 6.03. The molecule has 3 aromatic rings. The van der Waals surface area contributed by atoms with Crippen molar-refractivity contribution < 1.29 is 14.3 Å². The maximum Gasteiger partial charge on any atom is 0.256 e. The average Bonchev–Trinajstić information content (AvgIpc) is 3.33. The summed E-state index contributed by atoms with van der Waals surface area (Å²) in [5.74, 6) is -0.257. The number of carbonyl (C=O) groups excluding carboxylic acids is 2. The Kier molecular flexibility index (Phi) is 5.33. The van der Waals surface area contributed by atoms with Gasteiger partial charge in [0.05, 0.1) is 30.0 Å². The molecule has 2 aliphatic rings. The van der Waals surface area contributed by atoms with E-state index in [1.165, 1.54) is 0 Å². The summed E-state index contributed by atoms with van der Waals surface area (Å²) < 4.78 is 5.37. The van der Waals surface area contributed by atoms with Crippen LogP contribution in [0.5, 0.6) is 0 Å². The zero-order chi connectivity index (χ0) is 22.2. The van der Waals surface area contributed by atoms with Crippen LogP contribution in [0.25, 0.3) is 22.8 Å². The first kappa shape index (κ1) is 20.5. The highest BCUT2D eigenvalue weighted by atomic mass is 35.5. The summed E-state index contributed by atoms with van der Waals surface area (Å²) in [5.41, 5.74) is 6.01. The molecule has 2 aliphatic heterocycles. The second-order valence-electron chi connectivity index (χ2n) is 7.93. The van der Waals surface area contributed by atoms with Gasteiger partial charge in [0, 0.05) is 35.1 Å². The summed E-state index contributed by atoms with van der Waals surface area (Å²) in [7, 11) is 0. The number of morpholine rings is 1. The Morgan fingerprint density at radius 2 is 1.88 bits per heavy atom. The molecule has 1 aromatic heterocycles. The van der Waals surface area contributed by atoms with E-state index >= 15 is 0 Å². The van der Waals surface area contributed by atoms with Gasteiger partial charge in [-0.05, 0) is 48.4 Å². The summed E-state index contributed by atoms with van der Waals surface area (Å²) in [6, 6.07) is 15.1. The Balaban J connectivity index is 1.59.